The molecule has 28 heavy (non-hydrogen) atoms. The van der Waals surface area contributed by atoms with E-state index in [2.05, 4.69) is 26.2 Å². The van der Waals surface area contributed by atoms with Crippen LogP contribution in [0.1, 0.15) is 12.7 Å². The summed E-state index contributed by atoms with van der Waals surface area (Å²) in [6.07, 6.45) is 0. The zero-order valence-corrected chi connectivity index (χ0v) is 16.8. The van der Waals surface area contributed by atoms with Crippen molar-refractivity contribution in [3.63, 3.8) is 0 Å². The zero-order valence-electron chi connectivity index (χ0n) is 15.1. The minimum absolute atomic E-state index is 0.0489. The van der Waals surface area contributed by atoms with Crippen molar-refractivity contribution < 1.29 is 5.11 Å². The van der Waals surface area contributed by atoms with Crippen LogP contribution in [-0.4, -0.2) is 35.1 Å². The molecule has 0 aliphatic carbocycles. The van der Waals surface area contributed by atoms with Crippen molar-refractivity contribution in [3.05, 3.63) is 53.4 Å². The number of allylic oxidation sites excluding steroid dienone is 1. The number of aromatic nitrogens is 5. The van der Waals surface area contributed by atoms with Gasteiger partial charge < -0.3 is 14.7 Å². The Bertz CT molecular complexity index is 1170. The van der Waals surface area contributed by atoms with E-state index in [-0.39, 0.29) is 11.3 Å². The number of hydrogen-bond acceptors (Lipinski definition) is 7. The van der Waals surface area contributed by atoms with Crippen LogP contribution in [0.3, 0.4) is 0 Å². The summed E-state index contributed by atoms with van der Waals surface area (Å²) in [6.45, 7) is 1.82. The molecule has 7 nitrogen and oxygen atoms in total. The SMILES string of the molecule is CC(Sc1nnc(-c2cccs2)n1C)/C(O)=C(\C#N)c1nc2ccccc2[nH]1. The summed E-state index contributed by atoms with van der Waals surface area (Å²) in [5, 5.41) is 31.0. The van der Waals surface area contributed by atoms with Gasteiger partial charge in [-0.25, -0.2) is 4.98 Å². The Morgan fingerprint density at radius 3 is 2.82 bits per heavy atom. The molecule has 0 aliphatic heterocycles. The Hall–Kier alpha value is -3.09. The Kier molecular flexibility index (Phi) is 4.90. The number of nitrogens with one attached hydrogen (secondary N) is 1. The highest BCUT2D eigenvalue weighted by Crippen LogP contribution is 2.32. The molecule has 0 fully saturated rings. The molecule has 1 aromatic carbocycles. The minimum Gasteiger partial charge on any atom is -0.510 e. The van der Waals surface area contributed by atoms with Gasteiger partial charge in [0.05, 0.1) is 21.2 Å². The number of benzene rings is 1. The topological polar surface area (TPSA) is 103 Å². The van der Waals surface area contributed by atoms with E-state index in [1.165, 1.54) is 11.8 Å². The summed E-state index contributed by atoms with van der Waals surface area (Å²) in [7, 11) is 1.88. The van der Waals surface area contributed by atoms with Gasteiger partial charge in [0.15, 0.2) is 16.8 Å². The van der Waals surface area contributed by atoms with Crippen molar-refractivity contribution in [2.45, 2.75) is 17.3 Å². The first-order valence-electron chi connectivity index (χ1n) is 8.46. The minimum atomic E-state index is -0.401. The Morgan fingerprint density at radius 2 is 2.11 bits per heavy atom. The van der Waals surface area contributed by atoms with Gasteiger partial charge in [0.1, 0.15) is 17.4 Å². The molecule has 140 valence electrons. The lowest BCUT2D eigenvalue weighted by atomic mass is 10.2. The third kappa shape index (κ3) is 3.28. The van der Waals surface area contributed by atoms with E-state index < -0.39 is 5.25 Å². The van der Waals surface area contributed by atoms with E-state index in [4.69, 9.17) is 0 Å². The highest BCUT2D eigenvalue weighted by Gasteiger charge is 2.22. The lowest BCUT2D eigenvalue weighted by molar-refractivity contribution is 0.401. The first kappa shape index (κ1) is 18.3. The maximum atomic E-state index is 10.7. The fraction of sp³-hybridized carbons (Fsp3) is 0.158. The maximum Gasteiger partial charge on any atom is 0.191 e. The molecule has 0 saturated heterocycles. The molecule has 0 amide bonds. The summed E-state index contributed by atoms with van der Waals surface area (Å²) in [6, 6.07) is 13.5. The number of nitriles is 1. The van der Waals surface area contributed by atoms with Crippen molar-refractivity contribution >= 4 is 39.7 Å². The average Bonchev–Trinajstić information content (AvgIpc) is 3.42. The monoisotopic (exact) mass is 408 g/mol. The second kappa shape index (κ2) is 7.50. The molecule has 9 heteroatoms. The van der Waals surface area contributed by atoms with E-state index in [0.29, 0.717) is 11.0 Å². The highest BCUT2D eigenvalue weighted by atomic mass is 32.2. The van der Waals surface area contributed by atoms with Gasteiger partial charge in [-0.2, -0.15) is 5.26 Å². The van der Waals surface area contributed by atoms with Gasteiger partial charge in [-0.3, -0.25) is 0 Å². The van der Waals surface area contributed by atoms with Crippen LogP contribution in [0, 0.1) is 11.3 Å². The maximum absolute atomic E-state index is 10.7. The third-order valence-electron chi connectivity index (χ3n) is 4.24. The lowest BCUT2D eigenvalue weighted by Gasteiger charge is -2.11. The zero-order chi connectivity index (χ0) is 19.7. The van der Waals surface area contributed by atoms with Crippen LogP contribution < -0.4 is 0 Å². The number of para-hydroxylation sites is 2. The van der Waals surface area contributed by atoms with Crippen LogP contribution >= 0.6 is 23.1 Å². The third-order valence-corrected chi connectivity index (χ3v) is 6.25. The van der Waals surface area contributed by atoms with Crippen molar-refractivity contribution in [1.82, 2.24) is 24.7 Å². The number of aliphatic hydroxyl groups excluding tert-OH is 1. The van der Waals surface area contributed by atoms with Crippen molar-refractivity contribution in [1.29, 1.82) is 5.26 Å². The van der Waals surface area contributed by atoms with Crippen molar-refractivity contribution in [3.8, 4) is 16.8 Å². The first-order valence-corrected chi connectivity index (χ1v) is 10.2. The lowest BCUT2D eigenvalue weighted by Crippen LogP contribution is -2.06. The highest BCUT2D eigenvalue weighted by molar-refractivity contribution is 7.99. The second-order valence-corrected chi connectivity index (χ2v) is 8.33. The molecule has 0 saturated carbocycles. The van der Waals surface area contributed by atoms with Crippen molar-refractivity contribution in [2.24, 2.45) is 7.05 Å². The molecule has 1 atom stereocenters. The molecular formula is C19H16N6OS2. The number of thioether (sulfide) groups is 1. The largest absolute Gasteiger partial charge is 0.510 e. The molecule has 4 aromatic rings. The van der Waals surface area contributed by atoms with E-state index in [1.807, 2.05) is 60.3 Å². The van der Waals surface area contributed by atoms with Crippen LogP contribution in [0.5, 0.6) is 0 Å². The normalized spacial score (nSPS) is 13.3. The van der Waals surface area contributed by atoms with Gasteiger partial charge in [0.2, 0.25) is 0 Å². The number of imidazole rings is 1. The van der Waals surface area contributed by atoms with Crippen LogP contribution in [-0.2, 0) is 7.05 Å². The van der Waals surface area contributed by atoms with E-state index in [0.717, 1.165) is 21.7 Å². The molecule has 1 unspecified atom stereocenters. The molecule has 0 bridgehead atoms. The fourth-order valence-electron chi connectivity index (χ4n) is 2.76. The summed E-state index contributed by atoms with van der Waals surface area (Å²) in [5.74, 6) is 1.07. The number of hydrogen-bond donors (Lipinski definition) is 2. The number of thiophene rings is 1. The number of nitrogens with zero attached hydrogens (tertiary/aromatic N) is 5. The summed E-state index contributed by atoms with van der Waals surface area (Å²) < 4.78 is 1.88. The van der Waals surface area contributed by atoms with E-state index >= 15 is 0 Å². The van der Waals surface area contributed by atoms with Gasteiger partial charge in [0.25, 0.3) is 0 Å². The van der Waals surface area contributed by atoms with Gasteiger partial charge in [-0.05, 0) is 30.5 Å². The quantitative estimate of drug-likeness (QED) is 0.288. The Balaban J connectivity index is 1.63. The molecule has 0 aliphatic rings. The molecule has 4 rings (SSSR count). The fourth-order valence-corrected chi connectivity index (χ4v) is 4.38. The molecule has 3 aromatic heterocycles. The molecule has 2 N–H and O–H groups in total. The summed E-state index contributed by atoms with van der Waals surface area (Å²) in [5.41, 5.74) is 1.68. The number of rotatable bonds is 5. The summed E-state index contributed by atoms with van der Waals surface area (Å²) >= 11 is 2.92. The van der Waals surface area contributed by atoms with Crippen molar-refractivity contribution in [2.75, 3.05) is 0 Å². The van der Waals surface area contributed by atoms with Gasteiger partial charge >= 0.3 is 0 Å². The van der Waals surface area contributed by atoms with Crippen LogP contribution in [0.4, 0.5) is 0 Å². The molecule has 0 radical (unpaired) electrons. The Labute approximate surface area is 169 Å². The second-order valence-electron chi connectivity index (χ2n) is 6.08. The van der Waals surface area contributed by atoms with Crippen LogP contribution in [0.2, 0.25) is 0 Å². The number of H-pyrrole nitrogens is 1. The summed E-state index contributed by atoms with van der Waals surface area (Å²) in [4.78, 5) is 8.52. The standard InChI is InChI=1S/C19H16N6OS2/c1-11(28-19-24-23-18(25(19)2)15-8-5-9-27-15)16(26)12(10-20)17-21-13-6-3-4-7-14(13)22-17/h3-9,11,26H,1-2H3,(H,21,22)/b16-12-. The van der Waals surface area contributed by atoms with Gasteiger partial charge in [-0.15, -0.1) is 21.5 Å². The smallest absolute Gasteiger partial charge is 0.191 e. The van der Waals surface area contributed by atoms with Crippen LogP contribution in [0.15, 0.2) is 52.7 Å². The predicted octanol–water partition coefficient (Wildman–Crippen LogP) is 4.39. The molecule has 0 spiro atoms. The van der Waals surface area contributed by atoms with Gasteiger partial charge in [0, 0.05) is 7.05 Å². The molecule has 3 heterocycles. The first-order chi connectivity index (χ1) is 13.6. The number of fused-ring (bicyclic) bond motifs is 1. The molecular weight excluding hydrogens is 392 g/mol. The van der Waals surface area contributed by atoms with E-state index in [1.54, 1.807) is 11.3 Å². The number of aliphatic hydroxyl groups is 1. The Morgan fingerprint density at radius 1 is 1.29 bits per heavy atom. The average molecular weight is 409 g/mol. The van der Waals surface area contributed by atoms with Crippen LogP contribution in [0.25, 0.3) is 27.3 Å². The predicted molar refractivity (Wildman–Crippen MR) is 111 cm³/mol. The number of aromatic amines is 1. The van der Waals surface area contributed by atoms with Gasteiger partial charge in [-0.1, -0.05) is 30.0 Å². The van der Waals surface area contributed by atoms with E-state index in [9.17, 15) is 10.4 Å².